The van der Waals surface area contributed by atoms with Crippen molar-refractivity contribution in [3.8, 4) is 11.5 Å². The predicted molar refractivity (Wildman–Crippen MR) is 102 cm³/mol. The molecule has 1 fully saturated rings. The minimum atomic E-state index is -4.52. The highest BCUT2D eigenvalue weighted by molar-refractivity contribution is 5.96. The Morgan fingerprint density at radius 1 is 1.07 bits per heavy atom. The number of piperidine rings is 1. The molecule has 2 atom stereocenters. The first kappa shape index (κ1) is 21.5. The molecule has 0 bridgehead atoms. The Kier molecular flexibility index (Phi) is 5.91. The first-order valence-corrected chi connectivity index (χ1v) is 9.11. The number of nitrogens with zero attached hydrogens (tertiary/aromatic N) is 1. The Bertz CT molecular complexity index is 943. The number of aliphatic carboxylic acids is 1. The van der Waals surface area contributed by atoms with Crippen molar-refractivity contribution in [2.45, 2.75) is 25.1 Å². The molecule has 9 heteroatoms. The maximum atomic E-state index is 12.9. The number of carbonyl (C=O) groups is 2. The Labute approximate surface area is 170 Å². The molecule has 0 aromatic heterocycles. The molecular formula is C21H20F3NO5. The second-order valence-electron chi connectivity index (χ2n) is 6.85. The van der Waals surface area contributed by atoms with Crippen molar-refractivity contribution in [1.29, 1.82) is 0 Å². The van der Waals surface area contributed by atoms with Crippen LogP contribution < -0.4 is 14.4 Å². The molecule has 1 aliphatic rings. The largest absolute Gasteiger partial charge is 0.493 e. The lowest BCUT2D eigenvalue weighted by Gasteiger charge is -2.40. The van der Waals surface area contributed by atoms with Crippen LogP contribution in [0.25, 0.3) is 0 Å². The molecule has 0 unspecified atom stereocenters. The summed E-state index contributed by atoms with van der Waals surface area (Å²) in [7, 11) is 2.88. The molecule has 1 N–H and O–H groups in total. The molecule has 2 aromatic rings. The molecule has 1 amide bonds. The van der Waals surface area contributed by atoms with Crippen LogP contribution in [0.2, 0.25) is 0 Å². The zero-order chi connectivity index (χ0) is 22.1. The van der Waals surface area contributed by atoms with Gasteiger partial charge in [-0.2, -0.15) is 13.2 Å². The van der Waals surface area contributed by atoms with Gasteiger partial charge in [0.25, 0.3) is 0 Å². The number of hydrogen-bond donors (Lipinski definition) is 1. The Balaban J connectivity index is 2.11. The van der Waals surface area contributed by atoms with Crippen LogP contribution in [0, 0.1) is 5.92 Å². The van der Waals surface area contributed by atoms with E-state index in [1.165, 1.54) is 31.3 Å². The van der Waals surface area contributed by atoms with Gasteiger partial charge in [0.15, 0.2) is 11.5 Å². The highest BCUT2D eigenvalue weighted by Crippen LogP contribution is 2.43. The molecule has 160 valence electrons. The van der Waals surface area contributed by atoms with Gasteiger partial charge in [0.1, 0.15) is 0 Å². The molecule has 3 rings (SSSR count). The molecule has 0 aliphatic carbocycles. The topological polar surface area (TPSA) is 76.1 Å². The standard InChI is InChI=1S/C21H20F3NO5/c1-29-16-9-3-12(11-17(16)30-2)19-15(20(27)28)8-10-18(26)25(19)14-6-4-13(5-7-14)21(22,23)24/h3-7,9,11,15,19H,8,10H2,1-2H3,(H,27,28)/t15-,19+/m0/s1. The van der Waals surface area contributed by atoms with Crippen molar-refractivity contribution in [2.24, 2.45) is 5.92 Å². The molecule has 0 saturated carbocycles. The number of carboxylic acids is 1. The fraction of sp³-hybridized carbons (Fsp3) is 0.333. The average Bonchev–Trinajstić information content (AvgIpc) is 2.72. The Morgan fingerprint density at radius 3 is 2.23 bits per heavy atom. The third-order valence-corrected chi connectivity index (χ3v) is 5.14. The van der Waals surface area contributed by atoms with E-state index in [1.54, 1.807) is 18.2 Å². The van der Waals surface area contributed by atoms with E-state index in [0.29, 0.717) is 17.1 Å². The zero-order valence-electron chi connectivity index (χ0n) is 16.3. The molecule has 1 aliphatic heterocycles. The van der Waals surface area contributed by atoms with E-state index < -0.39 is 29.7 Å². The summed E-state index contributed by atoms with van der Waals surface area (Å²) in [5, 5.41) is 9.76. The third-order valence-electron chi connectivity index (χ3n) is 5.14. The van der Waals surface area contributed by atoms with Gasteiger partial charge in [-0.15, -0.1) is 0 Å². The van der Waals surface area contributed by atoms with Crippen molar-refractivity contribution in [3.05, 3.63) is 53.6 Å². The van der Waals surface area contributed by atoms with Crippen LogP contribution in [0.5, 0.6) is 11.5 Å². The summed E-state index contributed by atoms with van der Waals surface area (Å²) in [6, 6.07) is 7.98. The monoisotopic (exact) mass is 423 g/mol. The third kappa shape index (κ3) is 4.05. The normalized spacial score (nSPS) is 19.5. The van der Waals surface area contributed by atoms with E-state index in [0.717, 1.165) is 12.1 Å². The summed E-state index contributed by atoms with van der Waals surface area (Å²) in [6.45, 7) is 0. The second kappa shape index (κ2) is 8.25. The lowest BCUT2D eigenvalue weighted by atomic mass is 9.83. The molecule has 2 aromatic carbocycles. The van der Waals surface area contributed by atoms with Crippen LogP contribution in [0.3, 0.4) is 0 Å². The van der Waals surface area contributed by atoms with E-state index >= 15 is 0 Å². The first-order valence-electron chi connectivity index (χ1n) is 9.11. The number of anilines is 1. The van der Waals surface area contributed by atoms with E-state index in [1.807, 2.05) is 0 Å². The number of amides is 1. The van der Waals surface area contributed by atoms with Crippen molar-refractivity contribution in [1.82, 2.24) is 0 Å². The van der Waals surface area contributed by atoms with Gasteiger partial charge in [-0.05, 0) is 48.4 Å². The molecule has 30 heavy (non-hydrogen) atoms. The number of rotatable bonds is 5. The lowest BCUT2D eigenvalue weighted by molar-refractivity contribution is -0.144. The van der Waals surface area contributed by atoms with Gasteiger partial charge in [0, 0.05) is 12.1 Å². The van der Waals surface area contributed by atoms with Crippen LogP contribution >= 0.6 is 0 Å². The number of alkyl halides is 3. The molecular weight excluding hydrogens is 403 g/mol. The molecule has 6 nitrogen and oxygen atoms in total. The molecule has 1 heterocycles. The Hall–Kier alpha value is -3.23. The van der Waals surface area contributed by atoms with Crippen molar-refractivity contribution in [2.75, 3.05) is 19.1 Å². The fourth-order valence-electron chi connectivity index (χ4n) is 3.68. The van der Waals surface area contributed by atoms with Gasteiger partial charge >= 0.3 is 12.1 Å². The second-order valence-corrected chi connectivity index (χ2v) is 6.85. The van der Waals surface area contributed by atoms with Gasteiger partial charge in [-0.1, -0.05) is 6.07 Å². The van der Waals surface area contributed by atoms with Crippen molar-refractivity contribution < 1.29 is 37.3 Å². The highest BCUT2D eigenvalue weighted by atomic mass is 19.4. The molecule has 0 radical (unpaired) electrons. The summed E-state index contributed by atoms with van der Waals surface area (Å²) in [6.07, 6.45) is -4.43. The number of methoxy groups -OCH3 is 2. The summed E-state index contributed by atoms with van der Waals surface area (Å²) < 4.78 is 49.2. The van der Waals surface area contributed by atoms with Crippen LogP contribution in [0.1, 0.15) is 30.0 Å². The number of halogens is 3. The average molecular weight is 423 g/mol. The number of ether oxygens (including phenoxy) is 2. The summed E-state index contributed by atoms with van der Waals surface area (Å²) in [5.74, 6) is -1.63. The number of carboxylic acid groups (broad SMARTS) is 1. The molecule has 0 spiro atoms. The quantitative estimate of drug-likeness (QED) is 0.777. The summed E-state index contributed by atoms with van der Waals surface area (Å²) >= 11 is 0. The first-order chi connectivity index (χ1) is 14.2. The molecule has 1 saturated heterocycles. The van der Waals surface area contributed by atoms with E-state index in [-0.39, 0.29) is 24.4 Å². The minimum Gasteiger partial charge on any atom is -0.493 e. The van der Waals surface area contributed by atoms with Crippen molar-refractivity contribution >= 4 is 17.6 Å². The number of hydrogen-bond acceptors (Lipinski definition) is 4. The van der Waals surface area contributed by atoms with Gasteiger partial charge in [-0.3, -0.25) is 9.59 Å². The van der Waals surface area contributed by atoms with Crippen LogP contribution in [-0.2, 0) is 15.8 Å². The van der Waals surface area contributed by atoms with Gasteiger partial charge in [0.2, 0.25) is 5.91 Å². The highest BCUT2D eigenvalue weighted by Gasteiger charge is 2.42. The lowest BCUT2D eigenvalue weighted by Crippen LogP contribution is -2.45. The van der Waals surface area contributed by atoms with E-state index in [9.17, 15) is 27.9 Å². The van der Waals surface area contributed by atoms with Gasteiger partial charge < -0.3 is 19.5 Å². The summed E-state index contributed by atoms with van der Waals surface area (Å²) in [4.78, 5) is 26.0. The van der Waals surface area contributed by atoms with E-state index in [2.05, 4.69) is 0 Å². The van der Waals surface area contributed by atoms with Crippen LogP contribution in [0.15, 0.2) is 42.5 Å². The number of carbonyl (C=O) groups excluding carboxylic acids is 1. The SMILES string of the molecule is COc1ccc([C@@H]2[C@@H](C(=O)O)CCC(=O)N2c2ccc(C(F)(F)F)cc2)cc1OC. The van der Waals surface area contributed by atoms with Gasteiger partial charge in [-0.25, -0.2) is 0 Å². The maximum Gasteiger partial charge on any atom is 0.416 e. The summed E-state index contributed by atoms with van der Waals surface area (Å²) in [5.41, 5.74) is -0.181. The predicted octanol–water partition coefficient (Wildman–Crippen LogP) is 4.29. The zero-order valence-corrected chi connectivity index (χ0v) is 16.3. The Morgan fingerprint density at radius 2 is 1.70 bits per heavy atom. The minimum absolute atomic E-state index is 0.0260. The van der Waals surface area contributed by atoms with Gasteiger partial charge in [0.05, 0.1) is 31.7 Å². The maximum absolute atomic E-state index is 12.9. The smallest absolute Gasteiger partial charge is 0.416 e. The van der Waals surface area contributed by atoms with Crippen molar-refractivity contribution in [3.63, 3.8) is 0 Å². The van der Waals surface area contributed by atoms with Crippen LogP contribution in [-0.4, -0.2) is 31.2 Å². The van der Waals surface area contributed by atoms with Crippen LogP contribution in [0.4, 0.5) is 18.9 Å². The fourth-order valence-corrected chi connectivity index (χ4v) is 3.68. The van der Waals surface area contributed by atoms with E-state index in [4.69, 9.17) is 9.47 Å². The number of benzene rings is 2.